The van der Waals surface area contributed by atoms with Crippen LogP contribution in [0.2, 0.25) is 0 Å². The Morgan fingerprint density at radius 2 is 2.33 bits per heavy atom. The fourth-order valence-corrected chi connectivity index (χ4v) is 0.940. The van der Waals surface area contributed by atoms with Gasteiger partial charge in [-0.05, 0) is 6.07 Å². The predicted octanol–water partition coefficient (Wildman–Crippen LogP) is 0.859. The zero-order valence-electron chi connectivity index (χ0n) is 8.17. The minimum atomic E-state index is -0.651. The van der Waals surface area contributed by atoms with Crippen LogP contribution in [-0.2, 0) is 4.84 Å². The van der Waals surface area contributed by atoms with E-state index in [1.54, 1.807) is 13.1 Å². The number of hydrogen-bond acceptors (Lipinski definition) is 6. The van der Waals surface area contributed by atoms with Gasteiger partial charge in [0.2, 0.25) is 5.69 Å². The van der Waals surface area contributed by atoms with E-state index in [4.69, 9.17) is 10.1 Å². The second kappa shape index (κ2) is 4.34. The lowest BCUT2D eigenvalue weighted by Gasteiger charge is -2.13. The van der Waals surface area contributed by atoms with Crippen LogP contribution in [0, 0.1) is 21.4 Å². The Labute approximate surface area is 85.6 Å². The smallest absolute Gasteiger partial charge is 0.276 e. The van der Waals surface area contributed by atoms with E-state index in [9.17, 15) is 10.1 Å². The molecule has 1 aromatic heterocycles. The highest BCUT2D eigenvalue weighted by Gasteiger charge is 2.16. The van der Waals surface area contributed by atoms with Crippen LogP contribution in [0.4, 0.5) is 11.5 Å². The maximum absolute atomic E-state index is 10.5. The largest absolute Gasteiger partial charge is 0.305 e. The van der Waals surface area contributed by atoms with E-state index in [0.29, 0.717) is 5.82 Å². The Hall–Kier alpha value is -2.20. The van der Waals surface area contributed by atoms with Gasteiger partial charge >= 0.3 is 5.69 Å². The lowest BCUT2D eigenvalue weighted by molar-refractivity contribution is -0.385. The molecule has 0 radical (unpaired) electrons. The molecule has 0 spiro atoms. The van der Waals surface area contributed by atoms with E-state index in [-0.39, 0.29) is 11.4 Å². The summed E-state index contributed by atoms with van der Waals surface area (Å²) >= 11 is 0. The molecule has 7 heteroatoms. The zero-order chi connectivity index (χ0) is 11.4. The number of aromatic nitrogens is 1. The van der Waals surface area contributed by atoms with Crippen LogP contribution < -0.4 is 5.06 Å². The first-order chi connectivity index (χ1) is 7.10. The first kappa shape index (κ1) is 10.9. The minimum absolute atomic E-state index is 0.235. The van der Waals surface area contributed by atoms with Crippen LogP contribution in [0.15, 0.2) is 12.1 Å². The molecule has 1 aromatic rings. The van der Waals surface area contributed by atoms with Gasteiger partial charge in [0, 0.05) is 13.1 Å². The molecule has 7 nitrogen and oxygen atoms in total. The van der Waals surface area contributed by atoms with Gasteiger partial charge in [0.05, 0.1) is 12.0 Å². The summed E-state index contributed by atoms with van der Waals surface area (Å²) in [6.07, 6.45) is 0. The number of anilines is 1. The van der Waals surface area contributed by atoms with Crippen molar-refractivity contribution in [3.63, 3.8) is 0 Å². The third-order valence-corrected chi connectivity index (χ3v) is 1.76. The topological polar surface area (TPSA) is 92.3 Å². The highest BCUT2D eigenvalue weighted by atomic mass is 16.7. The molecule has 15 heavy (non-hydrogen) atoms. The fourth-order valence-electron chi connectivity index (χ4n) is 0.940. The summed E-state index contributed by atoms with van der Waals surface area (Å²) in [5, 5.41) is 20.5. The van der Waals surface area contributed by atoms with Crippen LogP contribution in [0.3, 0.4) is 0 Å². The minimum Gasteiger partial charge on any atom is -0.276 e. The first-order valence-corrected chi connectivity index (χ1v) is 3.93. The number of nitro groups is 1. The summed E-state index contributed by atoms with van der Waals surface area (Å²) in [6.45, 7) is 0. The Balaban J connectivity index is 3.20. The molecule has 0 aliphatic rings. The fraction of sp³-hybridized carbons (Fsp3) is 0.250. The van der Waals surface area contributed by atoms with Crippen LogP contribution in [0.25, 0.3) is 0 Å². The van der Waals surface area contributed by atoms with Gasteiger partial charge in [-0.2, -0.15) is 5.26 Å². The third kappa shape index (κ3) is 2.18. The highest BCUT2D eigenvalue weighted by Crippen LogP contribution is 2.19. The van der Waals surface area contributed by atoms with Crippen LogP contribution in [0.5, 0.6) is 0 Å². The summed E-state index contributed by atoms with van der Waals surface area (Å²) in [5.41, 5.74) is -0.549. The molecule has 0 aliphatic carbocycles. The average Bonchev–Trinajstić information content (AvgIpc) is 2.26. The second-order valence-corrected chi connectivity index (χ2v) is 2.59. The molecule has 0 atom stereocenters. The lowest BCUT2D eigenvalue weighted by Crippen LogP contribution is -2.16. The van der Waals surface area contributed by atoms with Crippen molar-refractivity contribution in [1.29, 1.82) is 5.26 Å². The van der Waals surface area contributed by atoms with E-state index in [1.165, 1.54) is 24.3 Å². The number of nitriles is 1. The summed E-state index contributed by atoms with van der Waals surface area (Å²) in [4.78, 5) is 18.5. The Kier molecular flexibility index (Phi) is 3.15. The predicted molar refractivity (Wildman–Crippen MR) is 51.0 cm³/mol. The lowest BCUT2D eigenvalue weighted by atomic mass is 10.3. The van der Waals surface area contributed by atoms with Gasteiger partial charge in [0.25, 0.3) is 0 Å². The molecular weight excluding hydrogens is 200 g/mol. The number of hydrogen-bond donors (Lipinski definition) is 0. The summed E-state index contributed by atoms with van der Waals surface area (Å²) in [5.74, 6) is 0.333. The summed E-state index contributed by atoms with van der Waals surface area (Å²) < 4.78 is 0. The number of hydroxylamine groups is 1. The van der Waals surface area contributed by atoms with Crippen molar-refractivity contribution < 1.29 is 9.76 Å². The summed E-state index contributed by atoms with van der Waals surface area (Å²) in [7, 11) is 3.00. The molecule has 0 saturated carbocycles. The quantitative estimate of drug-likeness (QED) is 0.540. The van der Waals surface area contributed by atoms with Crippen LogP contribution >= 0.6 is 0 Å². The second-order valence-electron chi connectivity index (χ2n) is 2.59. The molecule has 0 unspecified atom stereocenters. The van der Waals surface area contributed by atoms with Gasteiger partial charge in [0.1, 0.15) is 6.07 Å². The number of rotatable bonds is 3. The van der Waals surface area contributed by atoms with Crippen LogP contribution in [0.1, 0.15) is 5.69 Å². The van der Waals surface area contributed by atoms with Gasteiger partial charge in [-0.3, -0.25) is 15.0 Å². The molecule has 0 saturated heterocycles. The average molecular weight is 208 g/mol. The van der Waals surface area contributed by atoms with E-state index in [2.05, 4.69) is 4.98 Å². The molecule has 78 valence electrons. The number of nitrogens with zero attached hydrogens (tertiary/aromatic N) is 4. The molecule has 0 amide bonds. The molecule has 0 aliphatic heterocycles. The highest BCUT2D eigenvalue weighted by molar-refractivity contribution is 5.50. The normalized spacial score (nSPS) is 9.40. The van der Waals surface area contributed by atoms with Crippen LogP contribution in [-0.4, -0.2) is 24.1 Å². The Morgan fingerprint density at radius 3 is 2.80 bits per heavy atom. The van der Waals surface area contributed by atoms with Crippen molar-refractivity contribution in [3.8, 4) is 6.07 Å². The SMILES string of the molecule is CON(C)c1ccc([N+](=O)[O-])c(C#N)n1. The molecule has 1 heterocycles. The van der Waals surface area contributed by atoms with E-state index < -0.39 is 4.92 Å². The van der Waals surface area contributed by atoms with Gasteiger partial charge in [-0.25, -0.2) is 10.0 Å². The number of pyridine rings is 1. The van der Waals surface area contributed by atoms with Gasteiger partial charge in [0.15, 0.2) is 5.82 Å². The molecular formula is C8H8N4O3. The molecule has 0 fully saturated rings. The Morgan fingerprint density at radius 1 is 1.67 bits per heavy atom. The Bertz CT molecular complexity index is 426. The molecule has 0 aromatic carbocycles. The van der Waals surface area contributed by atoms with Gasteiger partial charge in [-0.15, -0.1) is 0 Å². The maximum Gasteiger partial charge on any atom is 0.305 e. The molecule has 0 bridgehead atoms. The standard InChI is InChI=1S/C8H8N4O3/c1-11(15-2)8-4-3-7(12(13)14)6(5-9)10-8/h3-4H,1-2H3. The molecule has 1 rings (SSSR count). The van der Waals surface area contributed by atoms with Crippen molar-refractivity contribution in [2.24, 2.45) is 0 Å². The van der Waals surface area contributed by atoms with Gasteiger partial charge in [-0.1, -0.05) is 0 Å². The van der Waals surface area contributed by atoms with Crippen molar-refractivity contribution >= 4 is 11.5 Å². The monoisotopic (exact) mass is 208 g/mol. The summed E-state index contributed by atoms with van der Waals surface area (Å²) in [6, 6.07) is 4.29. The first-order valence-electron chi connectivity index (χ1n) is 3.93. The van der Waals surface area contributed by atoms with Crippen molar-refractivity contribution in [1.82, 2.24) is 4.98 Å². The van der Waals surface area contributed by atoms with E-state index in [0.717, 1.165) is 0 Å². The van der Waals surface area contributed by atoms with E-state index >= 15 is 0 Å². The van der Waals surface area contributed by atoms with Crippen molar-refractivity contribution in [2.45, 2.75) is 0 Å². The van der Waals surface area contributed by atoms with Crippen molar-refractivity contribution in [3.05, 3.63) is 27.9 Å². The zero-order valence-corrected chi connectivity index (χ0v) is 8.17. The van der Waals surface area contributed by atoms with Gasteiger partial charge < -0.3 is 0 Å². The molecule has 0 N–H and O–H groups in total. The van der Waals surface area contributed by atoms with E-state index in [1.807, 2.05) is 0 Å². The van der Waals surface area contributed by atoms with Crippen molar-refractivity contribution in [2.75, 3.05) is 19.2 Å². The third-order valence-electron chi connectivity index (χ3n) is 1.76. The maximum atomic E-state index is 10.5.